The number of nitrogens with two attached hydrogens (primary N) is 1. The van der Waals surface area contributed by atoms with Crippen molar-refractivity contribution in [3.63, 3.8) is 0 Å². The van der Waals surface area contributed by atoms with E-state index in [9.17, 15) is 0 Å². The average molecular weight is 320 g/mol. The number of halogens is 2. The number of hydrogen-bond donors (Lipinski definition) is 1. The van der Waals surface area contributed by atoms with Crippen LogP contribution in [0.3, 0.4) is 0 Å². The van der Waals surface area contributed by atoms with E-state index in [0.717, 1.165) is 29.6 Å². The lowest BCUT2D eigenvalue weighted by Crippen LogP contribution is -2.06. The van der Waals surface area contributed by atoms with Crippen LogP contribution in [-0.4, -0.2) is 9.55 Å². The van der Waals surface area contributed by atoms with E-state index in [-0.39, 0.29) is 0 Å². The zero-order valence-electron chi connectivity index (χ0n) is 11.6. The molecule has 2 aromatic carbocycles. The number of rotatable bonds is 3. The van der Waals surface area contributed by atoms with Gasteiger partial charge in [0, 0.05) is 16.6 Å². The average Bonchev–Trinajstić information content (AvgIpc) is 2.75. The van der Waals surface area contributed by atoms with Gasteiger partial charge in [-0.15, -0.1) is 0 Å². The molecule has 0 saturated carbocycles. The highest BCUT2D eigenvalue weighted by atomic mass is 35.5. The van der Waals surface area contributed by atoms with Crippen LogP contribution in [0, 0.1) is 6.92 Å². The predicted molar refractivity (Wildman–Crippen MR) is 89.0 cm³/mol. The van der Waals surface area contributed by atoms with E-state index < -0.39 is 0 Å². The number of hydrogen-bond acceptors (Lipinski definition) is 2. The van der Waals surface area contributed by atoms with E-state index in [1.807, 2.05) is 28.8 Å². The molecule has 3 rings (SSSR count). The Bertz CT molecular complexity index is 809. The first kappa shape index (κ1) is 14.2. The van der Waals surface area contributed by atoms with Crippen molar-refractivity contribution < 1.29 is 0 Å². The molecule has 0 saturated heterocycles. The molecule has 0 unspecified atom stereocenters. The monoisotopic (exact) mass is 319 g/mol. The first-order valence-electron chi connectivity index (χ1n) is 6.71. The second-order valence-electron chi connectivity index (χ2n) is 5.05. The summed E-state index contributed by atoms with van der Waals surface area (Å²) >= 11 is 12.1. The van der Waals surface area contributed by atoms with Gasteiger partial charge in [0.05, 0.1) is 11.0 Å². The van der Waals surface area contributed by atoms with Crippen molar-refractivity contribution >= 4 is 40.2 Å². The maximum absolute atomic E-state index is 6.22. The summed E-state index contributed by atoms with van der Waals surface area (Å²) in [5, 5.41) is 1.33. The molecular formula is C16H15Cl2N3. The Hall–Kier alpha value is -1.71. The lowest BCUT2D eigenvalue weighted by Gasteiger charge is -2.09. The van der Waals surface area contributed by atoms with Crippen LogP contribution >= 0.6 is 23.2 Å². The summed E-state index contributed by atoms with van der Waals surface area (Å²) in [5.41, 5.74) is 10.3. The SMILES string of the molecule is Cc1cccc2nc(N)n(CCc3ccc(Cl)cc3Cl)c12. The first-order valence-corrected chi connectivity index (χ1v) is 7.47. The molecule has 2 N–H and O–H groups in total. The minimum absolute atomic E-state index is 0.532. The maximum atomic E-state index is 6.22. The van der Waals surface area contributed by atoms with E-state index in [4.69, 9.17) is 28.9 Å². The predicted octanol–water partition coefficient (Wildman–Crippen LogP) is 4.48. The molecule has 3 aromatic rings. The fourth-order valence-electron chi connectivity index (χ4n) is 2.57. The molecule has 0 aliphatic heterocycles. The van der Waals surface area contributed by atoms with Gasteiger partial charge in [0.25, 0.3) is 0 Å². The lowest BCUT2D eigenvalue weighted by atomic mass is 10.1. The lowest BCUT2D eigenvalue weighted by molar-refractivity contribution is 0.725. The van der Waals surface area contributed by atoms with Crippen molar-refractivity contribution in [3.8, 4) is 0 Å². The quantitative estimate of drug-likeness (QED) is 0.773. The van der Waals surface area contributed by atoms with Gasteiger partial charge < -0.3 is 10.3 Å². The molecule has 0 fully saturated rings. The van der Waals surface area contributed by atoms with Crippen LogP contribution in [0.2, 0.25) is 10.0 Å². The highest BCUT2D eigenvalue weighted by Gasteiger charge is 2.10. The summed E-state index contributed by atoms with van der Waals surface area (Å²) in [6.45, 7) is 2.80. The van der Waals surface area contributed by atoms with Gasteiger partial charge in [-0.1, -0.05) is 41.4 Å². The molecule has 0 atom stereocenters. The fraction of sp³-hybridized carbons (Fsp3) is 0.188. The van der Waals surface area contributed by atoms with Crippen molar-refractivity contribution in [3.05, 3.63) is 57.6 Å². The van der Waals surface area contributed by atoms with Gasteiger partial charge in [-0.25, -0.2) is 4.98 Å². The van der Waals surface area contributed by atoms with Gasteiger partial charge in [0.2, 0.25) is 5.95 Å². The topological polar surface area (TPSA) is 43.8 Å². The van der Waals surface area contributed by atoms with Crippen molar-refractivity contribution in [2.24, 2.45) is 0 Å². The maximum Gasteiger partial charge on any atom is 0.201 e. The molecule has 5 heteroatoms. The van der Waals surface area contributed by atoms with Gasteiger partial charge in [-0.05, 0) is 42.7 Å². The van der Waals surface area contributed by atoms with Crippen LogP contribution < -0.4 is 5.73 Å². The van der Waals surface area contributed by atoms with Crippen molar-refractivity contribution in [1.82, 2.24) is 9.55 Å². The Labute approximate surface area is 133 Å². The molecule has 0 bridgehead atoms. The molecule has 0 aliphatic rings. The van der Waals surface area contributed by atoms with Gasteiger partial charge in [-0.3, -0.25) is 0 Å². The number of fused-ring (bicyclic) bond motifs is 1. The highest BCUT2D eigenvalue weighted by Crippen LogP contribution is 2.25. The summed E-state index contributed by atoms with van der Waals surface area (Å²) < 4.78 is 2.04. The second-order valence-corrected chi connectivity index (χ2v) is 5.89. The molecule has 0 amide bonds. The van der Waals surface area contributed by atoms with E-state index >= 15 is 0 Å². The van der Waals surface area contributed by atoms with Crippen molar-refractivity contribution in [2.45, 2.75) is 19.9 Å². The normalized spacial score (nSPS) is 11.2. The van der Waals surface area contributed by atoms with Gasteiger partial charge in [-0.2, -0.15) is 0 Å². The largest absolute Gasteiger partial charge is 0.369 e. The molecule has 0 radical (unpaired) electrons. The number of para-hydroxylation sites is 1. The van der Waals surface area contributed by atoms with Gasteiger partial charge in [0.1, 0.15) is 0 Å². The molecule has 1 heterocycles. The first-order chi connectivity index (χ1) is 10.1. The van der Waals surface area contributed by atoms with Gasteiger partial charge >= 0.3 is 0 Å². The minimum atomic E-state index is 0.532. The molecule has 21 heavy (non-hydrogen) atoms. The Morgan fingerprint density at radius 3 is 2.76 bits per heavy atom. The second kappa shape index (κ2) is 5.58. The molecule has 0 aliphatic carbocycles. The van der Waals surface area contributed by atoms with Crippen LogP contribution in [0.4, 0.5) is 5.95 Å². The standard InChI is InChI=1S/C16H15Cl2N3/c1-10-3-2-4-14-15(10)21(16(19)20-14)8-7-11-5-6-12(17)9-13(11)18/h2-6,9H,7-8H2,1H3,(H2,19,20). The third-order valence-corrected chi connectivity index (χ3v) is 4.20. The Morgan fingerprint density at radius 1 is 1.19 bits per heavy atom. The zero-order chi connectivity index (χ0) is 15.0. The third-order valence-electron chi connectivity index (χ3n) is 3.62. The summed E-state index contributed by atoms with van der Waals surface area (Å²) in [7, 11) is 0. The summed E-state index contributed by atoms with van der Waals surface area (Å²) in [5.74, 6) is 0.532. The Balaban J connectivity index is 1.93. The number of imidazole rings is 1. The Kier molecular flexibility index (Phi) is 3.79. The van der Waals surface area contributed by atoms with E-state index in [0.29, 0.717) is 16.0 Å². The number of aryl methyl sites for hydroxylation is 3. The molecule has 1 aromatic heterocycles. The van der Waals surface area contributed by atoms with E-state index in [1.165, 1.54) is 5.56 Å². The summed E-state index contributed by atoms with van der Waals surface area (Å²) in [6.07, 6.45) is 0.778. The van der Waals surface area contributed by atoms with Crippen molar-refractivity contribution in [1.29, 1.82) is 0 Å². The third kappa shape index (κ3) is 2.71. The molecular weight excluding hydrogens is 305 g/mol. The molecule has 3 nitrogen and oxygen atoms in total. The smallest absolute Gasteiger partial charge is 0.201 e. The fourth-order valence-corrected chi connectivity index (χ4v) is 3.07. The van der Waals surface area contributed by atoms with E-state index in [1.54, 1.807) is 6.07 Å². The van der Waals surface area contributed by atoms with Crippen LogP contribution in [0.1, 0.15) is 11.1 Å². The van der Waals surface area contributed by atoms with Crippen molar-refractivity contribution in [2.75, 3.05) is 5.73 Å². The van der Waals surface area contributed by atoms with E-state index in [2.05, 4.69) is 18.0 Å². The van der Waals surface area contributed by atoms with Crippen LogP contribution in [0.25, 0.3) is 11.0 Å². The van der Waals surface area contributed by atoms with Crippen LogP contribution in [-0.2, 0) is 13.0 Å². The number of benzene rings is 2. The Morgan fingerprint density at radius 2 is 2.00 bits per heavy atom. The number of anilines is 1. The number of aromatic nitrogens is 2. The molecule has 108 valence electrons. The zero-order valence-corrected chi connectivity index (χ0v) is 13.1. The highest BCUT2D eigenvalue weighted by molar-refractivity contribution is 6.35. The van der Waals surface area contributed by atoms with Gasteiger partial charge in [0.15, 0.2) is 0 Å². The summed E-state index contributed by atoms with van der Waals surface area (Å²) in [4.78, 5) is 4.41. The van der Waals surface area contributed by atoms with Crippen LogP contribution in [0.15, 0.2) is 36.4 Å². The minimum Gasteiger partial charge on any atom is -0.369 e. The number of nitrogens with zero attached hydrogens (tertiary/aromatic N) is 2. The van der Waals surface area contributed by atoms with Crippen LogP contribution in [0.5, 0.6) is 0 Å². The molecule has 0 spiro atoms. The number of nitrogen functional groups attached to an aromatic ring is 1. The summed E-state index contributed by atoms with van der Waals surface area (Å²) in [6, 6.07) is 11.6.